The molecule has 0 fully saturated rings. The lowest BCUT2D eigenvalue weighted by Crippen LogP contribution is -2.16. The van der Waals surface area contributed by atoms with Gasteiger partial charge in [-0.2, -0.15) is 5.26 Å². The highest BCUT2D eigenvalue weighted by atomic mass is 16.5. The van der Waals surface area contributed by atoms with Gasteiger partial charge in [0.05, 0.1) is 17.2 Å². The summed E-state index contributed by atoms with van der Waals surface area (Å²) in [5.74, 6) is -0.433. The fourth-order valence-corrected chi connectivity index (χ4v) is 2.97. The van der Waals surface area contributed by atoms with Gasteiger partial charge in [-0.15, -0.1) is 0 Å². The predicted octanol–water partition coefficient (Wildman–Crippen LogP) is 5.86. The predicted molar refractivity (Wildman–Crippen MR) is 114 cm³/mol. The largest absolute Gasteiger partial charge is 0.426 e. The molecule has 0 bridgehead atoms. The van der Waals surface area contributed by atoms with Gasteiger partial charge >= 0.3 is 5.97 Å². The summed E-state index contributed by atoms with van der Waals surface area (Å²) in [5, 5.41) is 11.6. The quantitative estimate of drug-likeness (QED) is 0.295. The van der Waals surface area contributed by atoms with Crippen LogP contribution in [-0.4, -0.2) is 11.9 Å². The fraction of sp³-hybridized carbons (Fsp3) is 0.375. The number of hydrogen-bond donors (Lipinski definition) is 1. The average Bonchev–Trinajstić information content (AvgIpc) is 2.74. The van der Waals surface area contributed by atoms with Crippen LogP contribution < -0.4 is 10.1 Å². The second-order valence-electron chi connectivity index (χ2n) is 6.98. The molecule has 0 saturated heterocycles. The number of benzene rings is 2. The topological polar surface area (TPSA) is 79.2 Å². The number of unbranched alkanes of at least 4 members (excludes halogenated alkanes) is 6. The minimum absolute atomic E-state index is 0.256. The van der Waals surface area contributed by atoms with Crippen LogP contribution >= 0.6 is 0 Å². The highest BCUT2D eigenvalue weighted by Crippen LogP contribution is 2.21. The van der Waals surface area contributed by atoms with Crippen LogP contribution in [0.3, 0.4) is 0 Å². The van der Waals surface area contributed by atoms with Crippen molar-refractivity contribution in [2.45, 2.75) is 58.3 Å². The molecule has 1 N–H and O–H groups in total. The Balaban J connectivity index is 1.86. The molecule has 2 rings (SSSR count). The molecule has 0 aromatic heterocycles. The smallest absolute Gasteiger partial charge is 0.311 e. The molecule has 0 aliphatic rings. The van der Waals surface area contributed by atoms with E-state index in [9.17, 15) is 9.59 Å². The van der Waals surface area contributed by atoms with E-state index in [0.29, 0.717) is 23.2 Å². The minimum Gasteiger partial charge on any atom is -0.426 e. The maximum Gasteiger partial charge on any atom is 0.311 e. The normalized spacial score (nSPS) is 10.2. The lowest BCUT2D eigenvalue weighted by molar-refractivity contribution is -0.134. The van der Waals surface area contributed by atoms with Crippen molar-refractivity contribution in [3.63, 3.8) is 0 Å². The average molecular weight is 392 g/mol. The van der Waals surface area contributed by atoms with Crippen molar-refractivity contribution in [3.8, 4) is 11.8 Å². The van der Waals surface area contributed by atoms with Gasteiger partial charge in [0.2, 0.25) is 0 Å². The Kier molecular flexibility index (Phi) is 9.44. The molecule has 1 amide bonds. The number of carbonyl (C=O) groups excluding carboxylic acids is 2. The third-order valence-electron chi connectivity index (χ3n) is 4.61. The molecule has 5 heteroatoms. The van der Waals surface area contributed by atoms with Gasteiger partial charge in [0.25, 0.3) is 5.91 Å². The lowest BCUT2D eigenvalue weighted by Gasteiger charge is -2.11. The number of rotatable bonds is 11. The van der Waals surface area contributed by atoms with Crippen LogP contribution in [0, 0.1) is 11.3 Å². The van der Waals surface area contributed by atoms with Gasteiger partial charge in [0, 0.05) is 12.1 Å². The zero-order chi connectivity index (χ0) is 20.9. The number of carbonyl (C=O) groups is 2. The van der Waals surface area contributed by atoms with Gasteiger partial charge in [0.1, 0.15) is 5.75 Å². The molecular weight excluding hydrogens is 364 g/mol. The summed E-state index contributed by atoms with van der Waals surface area (Å²) in [7, 11) is 0. The Morgan fingerprint density at radius 1 is 0.931 bits per heavy atom. The number of esters is 1. The van der Waals surface area contributed by atoms with E-state index in [-0.39, 0.29) is 17.6 Å². The molecule has 0 aliphatic heterocycles. The SMILES string of the molecule is CCCCCCCCCC(=O)Oc1ccccc1C(=O)Nc1ccc(C#N)cc1. The molecule has 0 saturated carbocycles. The molecule has 2 aromatic rings. The summed E-state index contributed by atoms with van der Waals surface area (Å²) < 4.78 is 5.44. The molecule has 0 atom stereocenters. The summed E-state index contributed by atoms with van der Waals surface area (Å²) in [6.07, 6.45) is 8.25. The standard InChI is InChI=1S/C24H28N2O3/c1-2-3-4-5-6-7-8-13-23(27)29-22-12-10-9-11-21(22)24(28)26-20-16-14-19(18-25)15-17-20/h9-12,14-17H,2-8,13H2,1H3,(H,26,28). The second-order valence-corrected chi connectivity index (χ2v) is 6.98. The molecule has 2 aromatic carbocycles. The molecule has 152 valence electrons. The van der Waals surface area contributed by atoms with E-state index in [1.54, 1.807) is 48.5 Å². The zero-order valence-corrected chi connectivity index (χ0v) is 16.9. The van der Waals surface area contributed by atoms with Gasteiger partial charge < -0.3 is 10.1 Å². The first-order chi connectivity index (χ1) is 14.1. The highest BCUT2D eigenvalue weighted by Gasteiger charge is 2.15. The van der Waals surface area contributed by atoms with Crippen LogP contribution in [0.15, 0.2) is 48.5 Å². The molecule has 5 nitrogen and oxygen atoms in total. The molecule has 0 unspecified atom stereocenters. The highest BCUT2D eigenvalue weighted by molar-refractivity contribution is 6.06. The van der Waals surface area contributed by atoms with Crippen molar-refractivity contribution in [1.29, 1.82) is 5.26 Å². The summed E-state index contributed by atoms with van der Waals surface area (Å²) in [6, 6.07) is 15.3. The summed E-state index contributed by atoms with van der Waals surface area (Å²) in [5.41, 5.74) is 1.38. The third-order valence-corrected chi connectivity index (χ3v) is 4.61. The van der Waals surface area contributed by atoms with Crippen molar-refractivity contribution in [3.05, 3.63) is 59.7 Å². The number of amides is 1. The van der Waals surface area contributed by atoms with Crippen molar-refractivity contribution in [2.24, 2.45) is 0 Å². The van der Waals surface area contributed by atoms with Crippen LogP contribution in [0.25, 0.3) is 0 Å². The first-order valence-electron chi connectivity index (χ1n) is 10.2. The molecule has 0 aliphatic carbocycles. The van der Waals surface area contributed by atoms with E-state index in [1.807, 2.05) is 6.07 Å². The van der Waals surface area contributed by atoms with E-state index < -0.39 is 0 Å². The summed E-state index contributed by atoms with van der Waals surface area (Å²) in [4.78, 5) is 24.8. The van der Waals surface area contributed by atoms with Gasteiger partial charge in [-0.1, -0.05) is 57.6 Å². The zero-order valence-electron chi connectivity index (χ0n) is 16.9. The fourth-order valence-electron chi connectivity index (χ4n) is 2.97. The number of anilines is 1. The maximum atomic E-state index is 12.6. The van der Waals surface area contributed by atoms with Crippen LogP contribution in [-0.2, 0) is 4.79 Å². The Bertz CT molecular complexity index is 838. The molecule has 0 heterocycles. The molecule has 29 heavy (non-hydrogen) atoms. The van der Waals surface area contributed by atoms with Crippen molar-refractivity contribution >= 4 is 17.6 Å². The number of nitrogens with zero attached hydrogens (tertiary/aromatic N) is 1. The lowest BCUT2D eigenvalue weighted by atomic mass is 10.1. The first-order valence-corrected chi connectivity index (χ1v) is 10.2. The maximum absolute atomic E-state index is 12.6. The van der Waals surface area contributed by atoms with E-state index >= 15 is 0 Å². The van der Waals surface area contributed by atoms with Crippen molar-refractivity contribution < 1.29 is 14.3 Å². The van der Waals surface area contributed by atoms with E-state index in [0.717, 1.165) is 19.3 Å². The summed E-state index contributed by atoms with van der Waals surface area (Å²) >= 11 is 0. The Morgan fingerprint density at radius 3 is 2.28 bits per heavy atom. The number of hydrogen-bond acceptors (Lipinski definition) is 4. The monoisotopic (exact) mass is 392 g/mol. The van der Waals surface area contributed by atoms with Crippen LogP contribution in [0.2, 0.25) is 0 Å². The van der Waals surface area contributed by atoms with Gasteiger partial charge in [-0.3, -0.25) is 9.59 Å². The molecule has 0 radical (unpaired) electrons. The third kappa shape index (κ3) is 7.79. The van der Waals surface area contributed by atoms with Crippen molar-refractivity contribution in [2.75, 3.05) is 5.32 Å². The first kappa shape index (κ1) is 22.2. The number of para-hydroxylation sites is 1. The Hall–Kier alpha value is -3.13. The number of ether oxygens (including phenoxy) is 1. The molecular formula is C24H28N2O3. The van der Waals surface area contributed by atoms with Gasteiger partial charge in [0.15, 0.2) is 0 Å². The molecule has 0 spiro atoms. The van der Waals surface area contributed by atoms with Crippen LogP contribution in [0.5, 0.6) is 5.75 Å². The summed E-state index contributed by atoms with van der Waals surface area (Å²) in [6.45, 7) is 2.19. The Labute approximate surface area is 172 Å². The Morgan fingerprint density at radius 2 is 1.59 bits per heavy atom. The second kappa shape index (κ2) is 12.4. The van der Waals surface area contributed by atoms with E-state index in [4.69, 9.17) is 10.00 Å². The van der Waals surface area contributed by atoms with Gasteiger partial charge in [-0.25, -0.2) is 0 Å². The van der Waals surface area contributed by atoms with Crippen molar-refractivity contribution in [1.82, 2.24) is 0 Å². The van der Waals surface area contributed by atoms with E-state index in [1.165, 1.54) is 25.7 Å². The number of nitriles is 1. The minimum atomic E-state index is -0.367. The number of nitrogens with one attached hydrogen (secondary N) is 1. The van der Waals surface area contributed by atoms with Crippen LogP contribution in [0.4, 0.5) is 5.69 Å². The van der Waals surface area contributed by atoms with E-state index in [2.05, 4.69) is 12.2 Å². The van der Waals surface area contributed by atoms with Crippen LogP contribution in [0.1, 0.15) is 74.2 Å². The van der Waals surface area contributed by atoms with Gasteiger partial charge in [-0.05, 0) is 42.8 Å².